The molecule has 0 bridgehead atoms. The topological polar surface area (TPSA) is 69.3 Å². The number of carbonyl (C=O) groups excluding carboxylic acids is 1. The van der Waals surface area contributed by atoms with Crippen molar-refractivity contribution >= 4 is 34.4 Å². The van der Waals surface area contributed by atoms with Gasteiger partial charge in [-0.1, -0.05) is 35.9 Å². The van der Waals surface area contributed by atoms with Crippen LogP contribution in [0.25, 0.3) is 17.0 Å². The van der Waals surface area contributed by atoms with E-state index in [1.807, 2.05) is 67.7 Å². The first kappa shape index (κ1) is 14.3. The maximum atomic E-state index is 12.1. The summed E-state index contributed by atoms with van der Waals surface area (Å²) in [7, 11) is 0. The number of hydrazone groups is 1. The first-order valence-electron chi connectivity index (χ1n) is 7.70. The molecule has 5 heteroatoms. The Labute approximate surface area is 139 Å². The molecule has 3 N–H and O–H groups in total. The Balaban J connectivity index is 1.68. The van der Waals surface area contributed by atoms with Crippen LogP contribution in [0, 0.1) is 6.92 Å². The molecule has 0 spiro atoms. The molecule has 2 heterocycles. The van der Waals surface area contributed by atoms with Crippen LogP contribution >= 0.6 is 0 Å². The number of anilines is 1. The monoisotopic (exact) mass is 316 g/mol. The van der Waals surface area contributed by atoms with Crippen LogP contribution in [0.1, 0.15) is 11.1 Å². The molecule has 2 aromatic carbocycles. The normalized spacial score (nSPS) is 15.6. The summed E-state index contributed by atoms with van der Waals surface area (Å²) in [6.45, 7) is 2.03. The third-order valence-corrected chi connectivity index (χ3v) is 4.00. The molecule has 0 aliphatic carbocycles. The van der Waals surface area contributed by atoms with E-state index in [9.17, 15) is 4.79 Å². The number of nitrogens with zero attached hydrogens (tertiary/aromatic N) is 1. The zero-order valence-electron chi connectivity index (χ0n) is 13.1. The fourth-order valence-electron chi connectivity index (χ4n) is 2.71. The lowest BCUT2D eigenvalue weighted by Gasteiger charge is -2.06. The Kier molecular flexibility index (Phi) is 3.39. The van der Waals surface area contributed by atoms with Crippen molar-refractivity contribution < 1.29 is 4.79 Å². The third kappa shape index (κ3) is 2.56. The number of H-pyrrole nitrogens is 1. The Hall–Kier alpha value is -3.34. The molecule has 24 heavy (non-hydrogen) atoms. The van der Waals surface area contributed by atoms with Gasteiger partial charge < -0.3 is 10.3 Å². The zero-order chi connectivity index (χ0) is 16.5. The quantitative estimate of drug-likeness (QED) is 0.634. The first-order chi connectivity index (χ1) is 11.7. The molecule has 1 aliphatic heterocycles. The van der Waals surface area contributed by atoms with Crippen molar-refractivity contribution in [2.24, 2.45) is 5.10 Å². The number of rotatable bonds is 2. The van der Waals surface area contributed by atoms with Crippen molar-refractivity contribution in [1.82, 2.24) is 10.4 Å². The van der Waals surface area contributed by atoms with Gasteiger partial charge in [0.2, 0.25) is 0 Å². The molecular weight excluding hydrogens is 300 g/mol. The van der Waals surface area contributed by atoms with Crippen molar-refractivity contribution in [2.75, 3.05) is 5.32 Å². The van der Waals surface area contributed by atoms with Crippen molar-refractivity contribution in [2.45, 2.75) is 6.92 Å². The van der Waals surface area contributed by atoms with Gasteiger partial charge in [0.1, 0.15) is 0 Å². The van der Waals surface area contributed by atoms with Gasteiger partial charge in [-0.15, -0.1) is 0 Å². The maximum Gasteiger partial charge on any atom is 0.275 e. The minimum absolute atomic E-state index is 0.213. The number of hydrogen-bond acceptors (Lipinski definition) is 3. The Bertz CT molecular complexity index is 980. The summed E-state index contributed by atoms with van der Waals surface area (Å²) in [5.41, 5.74) is 7.09. The second kappa shape index (κ2) is 5.70. The highest BCUT2D eigenvalue weighted by Gasteiger charge is 2.23. The molecule has 1 aromatic heterocycles. The lowest BCUT2D eigenvalue weighted by molar-refractivity contribution is -0.116. The molecule has 1 amide bonds. The summed E-state index contributed by atoms with van der Waals surface area (Å²) >= 11 is 0. The van der Waals surface area contributed by atoms with E-state index in [1.54, 1.807) is 0 Å². The van der Waals surface area contributed by atoms with E-state index in [0.717, 1.165) is 22.2 Å². The van der Waals surface area contributed by atoms with Crippen LogP contribution in [-0.2, 0) is 4.79 Å². The second-order valence-electron chi connectivity index (χ2n) is 5.74. The molecule has 4 rings (SSSR count). The van der Waals surface area contributed by atoms with Crippen LogP contribution in [0.2, 0.25) is 0 Å². The molecule has 118 valence electrons. The SMILES string of the molecule is Cc1ccc(NC2=NNC(=O)/C2=C\c2c[nH]c3ccccc23)cc1. The number of aromatic amines is 1. The minimum Gasteiger partial charge on any atom is -0.361 e. The Morgan fingerprint density at radius 3 is 2.71 bits per heavy atom. The number of hydrogen-bond donors (Lipinski definition) is 3. The average Bonchev–Trinajstić information content (AvgIpc) is 3.16. The number of amidine groups is 1. The number of aryl methyl sites for hydroxylation is 1. The molecule has 0 fully saturated rings. The van der Waals surface area contributed by atoms with Gasteiger partial charge in [0, 0.05) is 28.4 Å². The molecule has 3 aromatic rings. The summed E-state index contributed by atoms with van der Waals surface area (Å²) in [6.07, 6.45) is 3.74. The Morgan fingerprint density at radius 1 is 1.08 bits per heavy atom. The van der Waals surface area contributed by atoms with Crippen molar-refractivity contribution in [3.05, 3.63) is 71.4 Å². The lowest BCUT2D eigenvalue weighted by Crippen LogP contribution is -2.17. The van der Waals surface area contributed by atoms with Gasteiger partial charge >= 0.3 is 0 Å². The smallest absolute Gasteiger partial charge is 0.275 e. The van der Waals surface area contributed by atoms with Crippen LogP contribution in [-0.4, -0.2) is 16.7 Å². The van der Waals surface area contributed by atoms with Gasteiger partial charge in [0.25, 0.3) is 5.91 Å². The van der Waals surface area contributed by atoms with Gasteiger partial charge in [0.05, 0.1) is 5.57 Å². The maximum absolute atomic E-state index is 12.1. The predicted octanol–water partition coefficient (Wildman–Crippen LogP) is 3.42. The number of fused-ring (bicyclic) bond motifs is 1. The molecule has 5 nitrogen and oxygen atoms in total. The van der Waals surface area contributed by atoms with E-state index in [1.165, 1.54) is 5.56 Å². The molecular formula is C19H16N4O. The number of benzene rings is 2. The van der Waals surface area contributed by atoms with E-state index in [0.29, 0.717) is 11.4 Å². The molecule has 0 atom stereocenters. The number of para-hydroxylation sites is 1. The van der Waals surface area contributed by atoms with Gasteiger partial charge in [-0.25, -0.2) is 5.43 Å². The molecule has 0 saturated carbocycles. The van der Waals surface area contributed by atoms with Crippen LogP contribution in [0.4, 0.5) is 5.69 Å². The van der Waals surface area contributed by atoms with Crippen LogP contribution in [0.15, 0.2) is 65.4 Å². The van der Waals surface area contributed by atoms with Crippen molar-refractivity contribution in [1.29, 1.82) is 0 Å². The van der Waals surface area contributed by atoms with Crippen LogP contribution in [0.3, 0.4) is 0 Å². The van der Waals surface area contributed by atoms with Crippen molar-refractivity contribution in [3.63, 3.8) is 0 Å². The number of amides is 1. The second-order valence-corrected chi connectivity index (χ2v) is 5.74. The largest absolute Gasteiger partial charge is 0.361 e. The lowest BCUT2D eigenvalue weighted by atomic mass is 10.1. The predicted molar refractivity (Wildman–Crippen MR) is 96.7 cm³/mol. The summed E-state index contributed by atoms with van der Waals surface area (Å²) in [5, 5.41) is 8.37. The molecule has 0 unspecified atom stereocenters. The summed E-state index contributed by atoms with van der Waals surface area (Å²) < 4.78 is 0. The Morgan fingerprint density at radius 2 is 1.88 bits per heavy atom. The van der Waals surface area contributed by atoms with E-state index < -0.39 is 0 Å². The summed E-state index contributed by atoms with van der Waals surface area (Å²) in [4.78, 5) is 15.4. The zero-order valence-corrected chi connectivity index (χ0v) is 13.1. The van der Waals surface area contributed by atoms with E-state index in [2.05, 4.69) is 20.8 Å². The average molecular weight is 316 g/mol. The molecule has 0 saturated heterocycles. The molecule has 1 aliphatic rings. The number of carbonyl (C=O) groups is 1. The number of nitrogens with one attached hydrogen (secondary N) is 3. The highest BCUT2D eigenvalue weighted by atomic mass is 16.2. The fourth-order valence-corrected chi connectivity index (χ4v) is 2.71. The van der Waals surface area contributed by atoms with Gasteiger partial charge in [-0.2, -0.15) is 5.10 Å². The van der Waals surface area contributed by atoms with Crippen LogP contribution in [0.5, 0.6) is 0 Å². The van der Waals surface area contributed by atoms with Gasteiger partial charge in [-0.05, 0) is 31.2 Å². The number of aromatic nitrogens is 1. The summed E-state index contributed by atoms with van der Waals surface area (Å²) in [5.74, 6) is 0.309. The van der Waals surface area contributed by atoms with Crippen LogP contribution < -0.4 is 10.7 Å². The highest BCUT2D eigenvalue weighted by Crippen LogP contribution is 2.22. The molecule has 0 radical (unpaired) electrons. The van der Waals surface area contributed by atoms with Crippen molar-refractivity contribution in [3.8, 4) is 0 Å². The van der Waals surface area contributed by atoms with E-state index in [-0.39, 0.29) is 5.91 Å². The minimum atomic E-state index is -0.213. The van der Waals surface area contributed by atoms with E-state index in [4.69, 9.17) is 0 Å². The fraction of sp³-hybridized carbons (Fsp3) is 0.0526. The van der Waals surface area contributed by atoms with Gasteiger partial charge in [-0.3, -0.25) is 4.79 Å². The standard InChI is InChI=1S/C19H16N4O/c1-12-6-8-14(9-7-12)21-18-16(19(24)23-22-18)10-13-11-20-17-5-3-2-4-15(13)17/h2-11,20H,1H3,(H,21,22)(H,23,24)/b16-10-. The van der Waals surface area contributed by atoms with Gasteiger partial charge in [0.15, 0.2) is 5.84 Å². The first-order valence-corrected chi connectivity index (χ1v) is 7.70. The summed E-state index contributed by atoms with van der Waals surface area (Å²) in [6, 6.07) is 15.9. The third-order valence-electron chi connectivity index (χ3n) is 4.00. The highest BCUT2D eigenvalue weighted by molar-refractivity contribution is 6.30. The van der Waals surface area contributed by atoms with E-state index >= 15 is 0 Å².